The van der Waals surface area contributed by atoms with Gasteiger partial charge in [-0.15, -0.1) is 0 Å². The Balaban J connectivity index is 1.87. The van der Waals surface area contributed by atoms with Gasteiger partial charge in [-0.1, -0.05) is 28.1 Å². The van der Waals surface area contributed by atoms with Crippen LogP contribution < -0.4 is 10.5 Å². The van der Waals surface area contributed by atoms with Crippen LogP contribution in [0.2, 0.25) is 0 Å². The Morgan fingerprint density at radius 3 is 2.85 bits per heavy atom. The zero-order valence-corrected chi connectivity index (χ0v) is 12.3. The van der Waals surface area contributed by atoms with Gasteiger partial charge >= 0.3 is 0 Å². The summed E-state index contributed by atoms with van der Waals surface area (Å²) in [4.78, 5) is 4.32. The lowest BCUT2D eigenvalue weighted by molar-refractivity contribution is 0.309. The number of pyridine rings is 1. The maximum Gasteiger partial charge on any atom is 0.129 e. The molecule has 1 aromatic heterocycles. The Kier molecular flexibility index (Phi) is 3.56. The van der Waals surface area contributed by atoms with E-state index in [9.17, 15) is 0 Å². The van der Waals surface area contributed by atoms with Gasteiger partial charge in [0.2, 0.25) is 0 Å². The van der Waals surface area contributed by atoms with Gasteiger partial charge in [0.05, 0.1) is 5.52 Å². The molecular weight excluding hydrogens is 316 g/mol. The van der Waals surface area contributed by atoms with Crippen LogP contribution in [0.3, 0.4) is 0 Å². The van der Waals surface area contributed by atoms with Crippen LogP contribution in [0.25, 0.3) is 10.9 Å². The van der Waals surface area contributed by atoms with Gasteiger partial charge in [-0.2, -0.15) is 0 Å². The molecular formula is C16H13BrN2O. The number of hydrogen-bond donors (Lipinski definition) is 1. The number of anilines is 1. The molecule has 0 saturated heterocycles. The molecule has 3 nitrogen and oxygen atoms in total. The number of benzene rings is 2. The van der Waals surface area contributed by atoms with Gasteiger partial charge in [0.1, 0.15) is 12.4 Å². The third-order valence-corrected chi connectivity index (χ3v) is 3.80. The molecule has 3 rings (SSSR count). The van der Waals surface area contributed by atoms with E-state index in [0.717, 1.165) is 32.4 Å². The third kappa shape index (κ3) is 2.60. The van der Waals surface area contributed by atoms with Crippen molar-refractivity contribution in [2.75, 3.05) is 5.73 Å². The van der Waals surface area contributed by atoms with Crippen molar-refractivity contribution in [3.05, 3.63) is 64.8 Å². The minimum Gasteiger partial charge on any atom is -0.488 e. The molecule has 0 unspecified atom stereocenters. The highest BCUT2D eigenvalue weighted by Crippen LogP contribution is 2.26. The van der Waals surface area contributed by atoms with Crippen molar-refractivity contribution < 1.29 is 4.74 Å². The fourth-order valence-electron chi connectivity index (χ4n) is 2.04. The fourth-order valence-corrected chi connectivity index (χ4v) is 2.55. The molecule has 1 heterocycles. The predicted molar refractivity (Wildman–Crippen MR) is 84.6 cm³/mol. The number of halogens is 1. The molecule has 2 aromatic carbocycles. The molecule has 2 N–H and O–H groups in total. The number of aromatic nitrogens is 1. The van der Waals surface area contributed by atoms with Crippen LogP contribution in [-0.4, -0.2) is 4.98 Å². The highest BCUT2D eigenvalue weighted by molar-refractivity contribution is 9.10. The van der Waals surface area contributed by atoms with Crippen molar-refractivity contribution in [1.82, 2.24) is 4.98 Å². The van der Waals surface area contributed by atoms with Crippen molar-refractivity contribution in [2.45, 2.75) is 6.61 Å². The predicted octanol–water partition coefficient (Wildman–Crippen LogP) is 4.16. The van der Waals surface area contributed by atoms with Gasteiger partial charge in [-0.3, -0.25) is 4.98 Å². The maximum atomic E-state index is 5.92. The van der Waals surface area contributed by atoms with Crippen molar-refractivity contribution in [1.29, 1.82) is 0 Å². The van der Waals surface area contributed by atoms with Crippen LogP contribution in [0, 0.1) is 0 Å². The number of nitrogen functional groups attached to an aromatic ring is 1. The second-order valence-corrected chi connectivity index (χ2v) is 5.32. The van der Waals surface area contributed by atoms with Crippen LogP contribution >= 0.6 is 15.9 Å². The van der Waals surface area contributed by atoms with Crippen LogP contribution in [0.4, 0.5) is 5.69 Å². The van der Waals surface area contributed by atoms with Gasteiger partial charge in [0.25, 0.3) is 0 Å². The van der Waals surface area contributed by atoms with Crippen LogP contribution in [-0.2, 0) is 6.61 Å². The molecule has 0 saturated carbocycles. The smallest absolute Gasteiger partial charge is 0.129 e. The quantitative estimate of drug-likeness (QED) is 0.734. The second kappa shape index (κ2) is 5.51. The highest BCUT2D eigenvalue weighted by atomic mass is 79.9. The molecule has 0 amide bonds. The summed E-state index contributed by atoms with van der Waals surface area (Å²) in [5.74, 6) is 0.833. The molecule has 100 valence electrons. The summed E-state index contributed by atoms with van der Waals surface area (Å²) in [6.45, 7) is 0.481. The van der Waals surface area contributed by atoms with Gasteiger partial charge in [-0.05, 0) is 36.4 Å². The zero-order chi connectivity index (χ0) is 13.9. The number of nitrogens with zero attached hydrogens (tertiary/aromatic N) is 1. The maximum absolute atomic E-state index is 5.92. The number of nitrogens with two attached hydrogens (primary N) is 1. The summed E-state index contributed by atoms with van der Waals surface area (Å²) in [7, 11) is 0. The molecule has 0 radical (unpaired) electrons. The Bertz CT molecular complexity index is 753. The highest BCUT2D eigenvalue weighted by Gasteiger charge is 2.05. The first-order valence-electron chi connectivity index (χ1n) is 6.24. The summed E-state index contributed by atoms with van der Waals surface area (Å²) in [6.07, 6.45) is 1.78. The van der Waals surface area contributed by atoms with Gasteiger partial charge in [0, 0.05) is 27.3 Å². The Morgan fingerprint density at radius 2 is 2.00 bits per heavy atom. The van der Waals surface area contributed by atoms with E-state index >= 15 is 0 Å². The minimum atomic E-state index is 0.481. The van der Waals surface area contributed by atoms with Crippen LogP contribution in [0.5, 0.6) is 5.75 Å². The summed E-state index contributed by atoms with van der Waals surface area (Å²) in [5, 5.41) is 1.02. The molecule has 20 heavy (non-hydrogen) atoms. The van der Waals surface area contributed by atoms with Crippen LogP contribution in [0.15, 0.2) is 59.2 Å². The summed E-state index contributed by atoms with van der Waals surface area (Å²) < 4.78 is 6.87. The van der Waals surface area contributed by atoms with Gasteiger partial charge in [-0.25, -0.2) is 0 Å². The first kappa shape index (κ1) is 12.9. The molecule has 0 atom stereocenters. The van der Waals surface area contributed by atoms with E-state index in [2.05, 4.69) is 20.9 Å². The van der Waals surface area contributed by atoms with Crippen molar-refractivity contribution in [3.63, 3.8) is 0 Å². The van der Waals surface area contributed by atoms with Crippen LogP contribution in [0.1, 0.15) is 5.56 Å². The normalized spacial score (nSPS) is 10.7. The molecule has 0 aliphatic carbocycles. The molecule has 0 spiro atoms. The largest absolute Gasteiger partial charge is 0.488 e. The molecule has 0 bridgehead atoms. The van der Waals surface area contributed by atoms with Gasteiger partial charge in [0.15, 0.2) is 0 Å². The van der Waals surface area contributed by atoms with Gasteiger partial charge < -0.3 is 10.5 Å². The molecule has 0 fully saturated rings. The van der Waals surface area contributed by atoms with Crippen molar-refractivity contribution in [2.24, 2.45) is 0 Å². The third-order valence-electron chi connectivity index (χ3n) is 3.07. The number of fused-ring (bicyclic) bond motifs is 1. The average Bonchev–Trinajstić information content (AvgIpc) is 2.46. The van der Waals surface area contributed by atoms with E-state index in [1.54, 1.807) is 6.20 Å². The van der Waals surface area contributed by atoms with Crippen molar-refractivity contribution >= 4 is 32.5 Å². The summed E-state index contributed by atoms with van der Waals surface area (Å²) in [6, 6.07) is 15.5. The first-order chi connectivity index (χ1) is 9.74. The van der Waals surface area contributed by atoms with E-state index in [4.69, 9.17) is 10.5 Å². The topological polar surface area (TPSA) is 48.1 Å². The molecule has 4 heteroatoms. The Morgan fingerprint density at radius 1 is 1.10 bits per heavy atom. The number of hydrogen-bond acceptors (Lipinski definition) is 3. The molecule has 0 aliphatic rings. The summed E-state index contributed by atoms with van der Waals surface area (Å²) >= 11 is 3.50. The minimum absolute atomic E-state index is 0.481. The SMILES string of the molecule is Nc1ccc(COc2cccc3ncccc23)c(Br)c1. The van der Waals surface area contributed by atoms with E-state index in [1.807, 2.05) is 48.5 Å². The average molecular weight is 329 g/mol. The Hall–Kier alpha value is -2.07. The van der Waals surface area contributed by atoms with E-state index in [0.29, 0.717) is 6.61 Å². The molecule has 0 aliphatic heterocycles. The lowest BCUT2D eigenvalue weighted by Crippen LogP contribution is -1.98. The van der Waals surface area contributed by atoms with E-state index in [1.165, 1.54) is 0 Å². The number of rotatable bonds is 3. The lowest BCUT2D eigenvalue weighted by Gasteiger charge is -2.10. The lowest BCUT2D eigenvalue weighted by atomic mass is 10.2. The fraction of sp³-hybridized carbons (Fsp3) is 0.0625. The summed E-state index contributed by atoms with van der Waals surface area (Å²) in [5.41, 5.74) is 8.45. The molecule has 3 aromatic rings. The second-order valence-electron chi connectivity index (χ2n) is 4.47. The van der Waals surface area contributed by atoms with Crippen molar-refractivity contribution in [3.8, 4) is 5.75 Å². The first-order valence-corrected chi connectivity index (χ1v) is 7.04. The van der Waals surface area contributed by atoms with E-state index < -0.39 is 0 Å². The Labute approximate surface area is 125 Å². The van der Waals surface area contributed by atoms with E-state index in [-0.39, 0.29) is 0 Å². The zero-order valence-electron chi connectivity index (χ0n) is 10.7. The monoisotopic (exact) mass is 328 g/mol. The standard InChI is InChI=1S/C16H13BrN2O/c17-14-9-12(18)7-6-11(14)10-20-16-5-1-4-15-13(16)3-2-8-19-15/h1-9H,10,18H2. The number of ether oxygens (including phenoxy) is 1.